The number of hydrogen-bond donors (Lipinski definition) is 2. The van der Waals surface area contributed by atoms with Crippen molar-refractivity contribution in [2.75, 3.05) is 26.2 Å². The summed E-state index contributed by atoms with van der Waals surface area (Å²) in [6.07, 6.45) is 1.58. The maximum Gasteiger partial charge on any atom is 0.321 e. The van der Waals surface area contributed by atoms with E-state index in [1.54, 1.807) is 13.0 Å². The van der Waals surface area contributed by atoms with Crippen LogP contribution >= 0.6 is 0 Å². The van der Waals surface area contributed by atoms with Crippen LogP contribution in [0.5, 0.6) is 0 Å². The summed E-state index contributed by atoms with van der Waals surface area (Å²) < 4.78 is 26.6. The van der Waals surface area contributed by atoms with E-state index < -0.39 is 28.0 Å². The predicted octanol–water partition coefficient (Wildman–Crippen LogP) is 2.02. The fourth-order valence-corrected chi connectivity index (χ4v) is 4.54. The highest BCUT2D eigenvalue weighted by Crippen LogP contribution is 2.13. The average Bonchev–Trinajstić information content (AvgIpc) is 2.82. The number of imide groups is 1. The SMILES string of the molecule is CC(C(=O)NC(=O)NCc1ccccc1)N1CCN(S(=O)(=O)/C=C/c2ccccc2)CC1. The molecule has 0 aliphatic carbocycles. The number of piperazine rings is 1. The zero-order chi connectivity index (χ0) is 23.0. The van der Waals surface area contributed by atoms with Crippen LogP contribution in [0.25, 0.3) is 6.08 Å². The first-order valence-corrected chi connectivity index (χ1v) is 12.0. The van der Waals surface area contributed by atoms with Gasteiger partial charge < -0.3 is 5.32 Å². The summed E-state index contributed by atoms with van der Waals surface area (Å²) >= 11 is 0. The van der Waals surface area contributed by atoms with E-state index in [0.29, 0.717) is 19.6 Å². The van der Waals surface area contributed by atoms with Gasteiger partial charge in [0.2, 0.25) is 15.9 Å². The number of nitrogens with zero attached hydrogens (tertiary/aromatic N) is 2. The fraction of sp³-hybridized carbons (Fsp3) is 0.304. The molecule has 1 unspecified atom stereocenters. The molecule has 9 heteroatoms. The highest BCUT2D eigenvalue weighted by atomic mass is 32.2. The minimum absolute atomic E-state index is 0.277. The zero-order valence-electron chi connectivity index (χ0n) is 18.0. The average molecular weight is 457 g/mol. The lowest BCUT2D eigenvalue weighted by Gasteiger charge is -2.36. The molecule has 1 fully saturated rings. The second-order valence-electron chi connectivity index (χ2n) is 7.53. The normalized spacial score (nSPS) is 16.5. The van der Waals surface area contributed by atoms with E-state index in [2.05, 4.69) is 10.6 Å². The van der Waals surface area contributed by atoms with Crippen molar-refractivity contribution >= 4 is 28.0 Å². The summed E-state index contributed by atoms with van der Waals surface area (Å²) in [7, 11) is -3.54. The number of sulfonamides is 1. The Labute approximate surface area is 189 Å². The largest absolute Gasteiger partial charge is 0.334 e. The van der Waals surface area contributed by atoms with Gasteiger partial charge in [0.1, 0.15) is 0 Å². The summed E-state index contributed by atoms with van der Waals surface area (Å²) in [6, 6.07) is 17.5. The van der Waals surface area contributed by atoms with Gasteiger partial charge in [0.15, 0.2) is 0 Å². The van der Waals surface area contributed by atoms with E-state index in [4.69, 9.17) is 0 Å². The molecule has 2 aromatic rings. The molecule has 3 amide bonds. The van der Waals surface area contributed by atoms with Crippen molar-refractivity contribution in [2.45, 2.75) is 19.5 Å². The van der Waals surface area contributed by atoms with E-state index in [-0.39, 0.29) is 13.1 Å². The predicted molar refractivity (Wildman–Crippen MR) is 124 cm³/mol. The summed E-state index contributed by atoms with van der Waals surface area (Å²) in [5, 5.41) is 6.22. The Morgan fingerprint density at radius 2 is 1.56 bits per heavy atom. The summed E-state index contributed by atoms with van der Waals surface area (Å²) in [5.74, 6) is -0.421. The topological polar surface area (TPSA) is 98.8 Å². The van der Waals surface area contributed by atoms with Gasteiger partial charge in [0.05, 0.1) is 6.04 Å². The van der Waals surface area contributed by atoms with Gasteiger partial charge in [-0.2, -0.15) is 4.31 Å². The molecular weight excluding hydrogens is 428 g/mol. The van der Waals surface area contributed by atoms with Crippen LogP contribution in [0.15, 0.2) is 66.1 Å². The molecule has 2 N–H and O–H groups in total. The second-order valence-corrected chi connectivity index (χ2v) is 9.35. The second kappa shape index (κ2) is 11.0. The number of carbonyl (C=O) groups excluding carboxylic acids is 2. The van der Waals surface area contributed by atoms with Crippen LogP contribution < -0.4 is 10.6 Å². The number of nitrogens with one attached hydrogen (secondary N) is 2. The number of carbonyl (C=O) groups is 2. The van der Waals surface area contributed by atoms with Gasteiger partial charge in [-0.15, -0.1) is 0 Å². The molecule has 32 heavy (non-hydrogen) atoms. The van der Waals surface area contributed by atoms with Gasteiger partial charge in [-0.1, -0.05) is 60.7 Å². The molecule has 1 heterocycles. The monoisotopic (exact) mass is 456 g/mol. The third-order valence-corrected chi connectivity index (χ3v) is 6.89. The standard InChI is InChI=1S/C23H28N4O4S/c1-19(22(28)25-23(29)24-18-21-10-6-3-7-11-21)26-13-15-27(16-14-26)32(30,31)17-12-20-8-4-2-5-9-20/h2-12,17,19H,13-16,18H2,1H3,(H2,24,25,28,29)/b17-12+. The number of hydrogen-bond acceptors (Lipinski definition) is 5. The van der Waals surface area contributed by atoms with Gasteiger partial charge in [-0.3, -0.25) is 15.0 Å². The van der Waals surface area contributed by atoms with Crippen molar-refractivity contribution in [1.29, 1.82) is 0 Å². The van der Waals surface area contributed by atoms with Crippen LogP contribution in [0.1, 0.15) is 18.1 Å². The van der Waals surface area contributed by atoms with Crippen LogP contribution in [0.2, 0.25) is 0 Å². The Morgan fingerprint density at radius 3 is 2.19 bits per heavy atom. The van der Waals surface area contributed by atoms with Gasteiger partial charge in [0.25, 0.3) is 0 Å². The molecule has 8 nitrogen and oxygen atoms in total. The molecule has 1 atom stereocenters. The van der Waals surface area contributed by atoms with Crippen molar-refractivity contribution in [1.82, 2.24) is 19.8 Å². The summed E-state index contributed by atoms with van der Waals surface area (Å²) in [5.41, 5.74) is 1.74. The van der Waals surface area contributed by atoms with Crippen molar-refractivity contribution in [3.63, 3.8) is 0 Å². The first kappa shape index (κ1) is 23.6. The van der Waals surface area contributed by atoms with Crippen LogP contribution in [0.3, 0.4) is 0 Å². The van der Waals surface area contributed by atoms with Crippen LogP contribution in [-0.2, 0) is 21.4 Å². The molecule has 3 rings (SSSR count). The molecule has 0 aromatic heterocycles. The Bertz CT molecular complexity index is 1030. The molecule has 0 bridgehead atoms. The van der Waals surface area contributed by atoms with Crippen LogP contribution in [0, 0.1) is 0 Å². The van der Waals surface area contributed by atoms with E-state index in [1.807, 2.05) is 65.6 Å². The molecule has 0 spiro atoms. The van der Waals surface area contributed by atoms with E-state index >= 15 is 0 Å². The smallest absolute Gasteiger partial charge is 0.321 e. The minimum atomic E-state index is -3.54. The third-order valence-electron chi connectivity index (χ3n) is 5.32. The first-order chi connectivity index (χ1) is 15.3. The molecule has 1 aliphatic heterocycles. The summed E-state index contributed by atoms with van der Waals surface area (Å²) in [4.78, 5) is 26.3. The Morgan fingerprint density at radius 1 is 0.969 bits per heavy atom. The highest BCUT2D eigenvalue weighted by Gasteiger charge is 2.30. The van der Waals surface area contributed by atoms with Crippen molar-refractivity contribution in [3.05, 3.63) is 77.2 Å². The Kier molecular flexibility index (Phi) is 8.15. The lowest BCUT2D eigenvalue weighted by Crippen LogP contribution is -2.56. The maximum absolute atomic E-state index is 12.6. The van der Waals surface area contributed by atoms with E-state index in [9.17, 15) is 18.0 Å². The Balaban J connectivity index is 1.45. The quantitative estimate of drug-likeness (QED) is 0.664. The number of urea groups is 1. The number of amides is 3. The minimum Gasteiger partial charge on any atom is -0.334 e. The zero-order valence-corrected chi connectivity index (χ0v) is 18.8. The molecule has 1 aliphatic rings. The Hall–Kier alpha value is -3.01. The van der Waals surface area contributed by atoms with Crippen LogP contribution in [0.4, 0.5) is 4.79 Å². The number of rotatable bonds is 7. The van der Waals surface area contributed by atoms with Crippen LogP contribution in [-0.4, -0.2) is 61.8 Å². The van der Waals surface area contributed by atoms with Gasteiger partial charge in [-0.25, -0.2) is 13.2 Å². The molecular formula is C23H28N4O4S. The van der Waals surface area contributed by atoms with E-state index in [1.165, 1.54) is 9.71 Å². The molecule has 0 radical (unpaired) electrons. The van der Waals surface area contributed by atoms with Crippen molar-refractivity contribution < 1.29 is 18.0 Å². The lowest BCUT2D eigenvalue weighted by molar-refractivity contribution is -0.125. The fourth-order valence-electron chi connectivity index (χ4n) is 3.36. The summed E-state index contributed by atoms with van der Waals surface area (Å²) in [6.45, 7) is 3.39. The molecule has 1 saturated heterocycles. The first-order valence-electron chi connectivity index (χ1n) is 10.4. The van der Waals surface area contributed by atoms with E-state index in [0.717, 1.165) is 11.1 Å². The number of benzene rings is 2. The third kappa shape index (κ3) is 6.74. The molecule has 2 aromatic carbocycles. The molecule has 170 valence electrons. The maximum atomic E-state index is 12.6. The highest BCUT2D eigenvalue weighted by molar-refractivity contribution is 7.92. The van der Waals surface area contributed by atoms with Crippen molar-refractivity contribution in [2.24, 2.45) is 0 Å². The lowest BCUT2D eigenvalue weighted by atomic mass is 10.2. The van der Waals surface area contributed by atoms with Gasteiger partial charge in [-0.05, 0) is 24.1 Å². The van der Waals surface area contributed by atoms with Crippen molar-refractivity contribution in [3.8, 4) is 0 Å². The van der Waals surface area contributed by atoms with Gasteiger partial charge in [0, 0.05) is 38.1 Å². The van der Waals surface area contributed by atoms with Gasteiger partial charge >= 0.3 is 6.03 Å². The molecule has 0 saturated carbocycles.